The Balaban J connectivity index is 2.48. The molecule has 10 heteroatoms. The van der Waals surface area contributed by atoms with Crippen molar-refractivity contribution in [3.05, 3.63) is 21.1 Å². The van der Waals surface area contributed by atoms with Crippen LogP contribution in [0.5, 0.6) is 5.75 Å². The number of likely N-dealkylation sites (tertiary alicyclic amines) is 1. The fraction of sp³-hybridized carbons (Fsp3) is 0.500. The average Bonchev–Trinajstić information content (AvgIpc) is 3.07. The van der Waals surface area contributed by atoms with Crippen LogP contribution in [-0.4, -0.2) is 52.6 Å². The van der Waals surface area contributed by atoms with Gasteiger partial charge in [0.1, 0.15) is 17.4 Å². The smallest absolute Gasteiger partial charge is 0.421 e. The lowest BCUT2D eigenvalue weighted by atomic mass is 10.1. The minimum absolute atomic E-state index is 0.0684. The van der Waals surface area contributed by atoms with Crippen LogP contribution in [0.1, 0.15) is 33.6 Å². The van der Waals surface area contributed by atoms with E-state index in [-0.39, 0.29) is 23.9 Å². The van der Waals surface area contributed by atoms with Crippen LogP contribution in [0.4, 0.5) is 10.5 Å². The van der Waals surface area contributed by atoms with Crippen molar-refractivity contribution in [2.45, 2.75) is 45.3 Å². The number of phenols is 1. The predicted molar refractivity (Wildman–Crippen MR) is 111 cm³/mol. The van der Waals surface area contributed by atoms with Gasteiger partial charge in [-0.05, 0) is 77.6 Å². The van der Waals surface area contributed by atoms with Crippen molar-refractivity contribution in [2.24, 2.45) is 5.73 Å². The number of nitrogens with two attached hydrogens (primary N) is 1. The molecule has 3 N–H and O–H groups in total. The zero-order valence-electron chi connectivity index (χ0n) is 15.9. The van der Waals surface area contributed by atoms with E-state index in [1.54, 1.807) is 20.8 Å². The summed E-state index contributed by atoms with van der Waals surface area (Å²) >= 11 is 6.41. The fourth-order valence-electron chi connectivity index (χ4n) is 2.90. The zero-order valence-corrected chi connectivity index (χ0v) is 19.0. The number of hydrogen-bond acceptors (Lipinski definition) is 6. The molecule has 154 valence electrons. The highest BCUT2D eigenvalue weighted by molar-refractivity contribution is 9.11. The Hall–Kier alpha value is -1.65. The van der Waals surface area contributed by atoms with Gasteiger partial charge < -0.3 is 20.5 Å². The molecule has 0 unspecified atom stereocenters. The molecule has 1 heterocycles. The first-order chi connectivity index (χ1) is 13.0. The van der Waals surface area contributed by atoms with Gasteiger partial charge in [0.2, 0.25) is 5.91 Å². The van der Waals surface area contributed by atoms with Crippen LogP contribution in [0.2, 0.25) is 0 Å². The van der Waals surface area contributed by atoms with E-state index in [0.29, 0.717) is 28.3 Å². The summed E-state index contributed by atoms with van der Waals surface area (Å²) in [5, 5.41) is 9.95. The molecule has 1 aliphatic rings. The number of hydrogen-bond donors (Lipinski definition) is 2. The summed E-state index contributed by atoms with van der Waals surface area (Å²) in [6.07, 6.45) is 0.187. The molecule has 2 rings (SSSR count). The molecular weight excluding hydrogens is 498 g/mol. The van der Waals surface area contributed by atoms with Crippen LogP contribution in [0.25, 0.3) is 0 Å². The third-order valence-electron chi connectivity index (χ3n) is 4.09. The van der Waals surface area contributed by atoms with E-state index < -0.39 is 23.6 Å². The van der Waals surface area contributed by atoms with E-state index >= 15 is 0 Å². The van der Waals surface area contributed by atoms with Crippen molar-refractivity contribution in [3.8, 4) is 5.75 Å². The number of anilines is 1. The van der Waals surface area contributed by atoms with Crippen LogP contribution < -0.4 is 10.6 Å². The first kappa shape index (κ1) is 22.6. The Kier molecular flexibility index (Phi) is 7.11. The number of nitrogens with zero attached hydrogens (tertiary/aromatic N) is 2. The Labute approximate surface area is 180 Å². The van der Waals surface area contributed by atoms with Gasteiger partial charge in [-0.1, -0.05) is 0 Å². The number of carbonyl (C=O) groups excluding carboxylic acids is 3. The van der Waals surface area contributed by atoms with Crippen molar-refractivity contribution >= 4 is 55.5 Å². The fourth-order valence-corrected chi connectivity index (χ4v) is 4.06. The molecule has 0 aromatic heterocycles. The second kappa shape index (κ2) is 8.79. The maximum Gasteiger partial charge on any atom is 0.421 e. The summed E-state index contributed by atoms with van der Waals surface area (Å²) in [5.74, 6) is -1.01. The highest BCUT2D eigenvalue weighted by Crippen LogP contribution is 2.37. The van der Waals surface area contributed by atoms with Crippen molar-refractivity contribution in [2.75, 3.05) is 18.0 Å². The van der Waals surface area contributed by atoms with Crippen molar-refractivity contribution < 1.29 is 24.2 Å². The molecule has 1 aromatic carbocycles. The molecule has 1 atom stereocenters. The lowest BCUT2D eigenvalue weighted by molar-refractivity contribution is -0.136. The van der Waals surface area contributed by atoms with E-state index in [2.05, 4.69) is 31.9 Å². The van der Waals surface area contributed by atoms with Crippen molar-refractivity contribution in [1.82, 2.24) is 4.90 Å². The van der Waals surface area contributed by atoms with Gasteiger partial charge in [0.15, 0.2) is 0 Å². The molecule has 1 aliphatic heterocycles. The van der Waals surface area contributed by atoms with Gasteiger partial charge in [-0.2, -0.15) is 0 Å². The van der Waals surface area contributed by atoms with E-state index in [1.165, 1.54) is 17.0 Å². The lowest BCUT2D eigenvalue weighted by Gasteiger charge is -2.31. The molecule has 0 spiro atoms. The molecule has 3 amide bonds. The van der Waals surface area contributed by atoms with E-state index in [0.717, 1.165) is 4.90 Å². The Morgan fingerprint density at radius 1 is 1.29 bits per heavy atom. The molecule has 28 heavy (non-hydrogen) atoms. The molecule has 1 fully saturated rings. The topological polar surface area (TPSA) is 113 Å². The second-order valence-corrected chi connectivity index (χ2v) is 9.07. The van der Waals surface area contributed by atoms with Crippen LogP contribution in [0.3, 0.4) is 0 Å². The molecule has 0 saturated carbocycles. The molecule has 0 bridgehead atoms. The largest absolute Gasteiger partial charge is 0.506 e. The van der Waals surface area contributed by atoms with E-state index in [9.17, 15) is 19.5 Å². The summed E-state index contributed by atoms with van der Waals surface area (Å²) in [6, 6.07) is 2.06. The average molecular weight is 521 g/mol. The van der Waals surface area contributed by atoms with Gasteiger partial charge in [-0.25, -0.2) is 9.69 Å². The number of phenolic OH excluding ortho intramolecular Hbond substituents is 1. The van der Waals surface area contributed by atoms with Crippen LogP contribution in [0.15, 0.2) is 21.1 Å². The maximum atomic E-state index is 13.3. The zero-order chi connectivity index (χ0) is 21.2. The number of benzene rings is 1. The van der Waals surface area contributed by atoms with E-state index in [1.807, 2.05) is 0 Å². The molecule has 0 aliphatic carbocycles. The predicted octanol–water partition coefficient (Wildman–Crippen LogP) is 3.14. The quantitative estimate of drug-likeness (QED) is 0.633. The first-order valence-corrected chi connectivity index (χ1v) is 10.3. The number of imide groups is 1. The number of aromatic hydroxyl groups is 1. The van der Waals surface area contributed by atoms with E-state index in [4.69, 9.17) is 10.5 Å². The Bertz CT molecular complexity index is 771. The van der Waals surface area contributed by atoms with Crippen molar-refractivity contribution in [1.29, 1.82) is 0 Å². The number of amides is 3. The normalized spacial score (nSPS) is 16.8. The van der Waals surface area contributed by atoms with Gasteiger partial charge in [-0.15, -0.1) is 0 Å². The molecule has 0 radical (unpaired) electrons. The van der Waals surface area contributed by atoms with Gasteiger partial charge in [0.25, 0.3) is 5.91 Å². The summed E-state index contributed by atoms with van der Waals surface area (Å²) in [5.41, 5.74) is 4.82. The summed E-state index contributed by atoms with van der Waals surface area (Å²) in [7, 11) is 0. The molecule has 8 nitrogen and oxygen atoms in total. The first-order valence-electron chi connectivity index (χ1n) is 8.70. The summed E-state index contributed by atoms with van der Waals surface area (Å²) in [4.78, 5) is 40.6. The van der Waals surface area contributed by atoms with Gasteiger partial charge >= 0.3 is 6.09 Å². The number of ether oxygens (including phenoxy) is 1. The third kappa shape index (κ3) is 5.03. The number of halogens is 2. The lowest BCUT2D eigenvalue weighted by Crippen LogP contribution is -2.52. The highest BCUT2D eigenvalue weighted by atomic mass is 79.9. The standard InChI is InChI=1S/C18H23Br2N3O5/c1-18(2,3)28-17(27)23(10-7-11(19)15(25)12(20)8-10)16(26)13-5-4-6-22(13)14(24)9-21/h7-8,13,25H,4-6,9,21H2,1-3H3/t13-/m0/s1. The van der Waals surface area contributed by atoms with Crippen LogP contribution in [-0.2, 0) is 14.3 Å². The van der Waals surface area contributed by atoms with Crippen LogP contribution >= 0.6 is 31.9 Å². The summed E-state index contributed by atoms with van der Waals surface area (Å²) in [6.45, 7) is 5.26. The van der Waals surface area contributed by atoms with Crippen molar-refractivity contribution in [3.63, 3.8) is 0 Å². The van der Waals surface area contributed by atoms with Crippen LogP contribution in [0, 0.1) is 0 Å². The minimum atomic E-state index is -0.867. The Morgan fingerprint density at radius 3 is 2.36 bits per heavy atom. The second-order valence-electron chi connectivity index (χ2n) is 7.36. The van der Waals surface area contributed by atoms with Gasteiger partial charge in [0, 0.05) is 6.54 Å². The maximum absolute atomic E-state index is 13.3. The Morgan fingerprint density at radius 2 is 1.86 bits per heavy atom. The summed E-state index contributed by atoms with van der Waals surface area (Å²) < 4.78 is 5.99. The monoisotopic (exact) mass is 519 g/mol. The van der Waals surface area contributed by atoms with Gasteiger partial charge in [0.05, 0.1) is 21.2 Å². The third-order valence-corrected chi connectivity index (χ3v) is 5.30. The number of rotatable bonds is 3. The number of carbonyl (C=O) groups is 3. The molecular formula is C18H23Br2N3O5. The molecule has 1 aromatic rings. The minimum Gasteiger partial charge on any atom is -0.506 e. The molecule has 1 saturated heterocycles. The SMILES string of the molecule is CC(C)(C)OC(=O)N(C(=O)[C@@H]1CCCN1C(=O)CN)c1cc(Br)c(O)c(Br)c1. The highest BCUT2D eigenvalue weighted by Gasteiger charge is 2.40. The van der Waals surface area contributed by atoms with Gasteiger partial charge in [-0.3, -0.25) is 9.59 Å².